The van der Waals surface area contributed by atoms with E-state index in [2.05, 4.69) is 0 Å². The van der Waals surface area contributed by atoms with Crippen LogP contribution in [0.4, 0.5) is 0 Å². The van der Waals surface area contributed by atoms with Crippen LogP contribution in [-0.2, 0) is 0 Å². The molecule has 1 N–H and O–H groups in total. The lowest BCUT2D eigenvalue weighted by Gasteiger charge is -1.58. The van der Waals surface area contributed by atoms with E-state index in [0.717, 1.165) is 0 Å². The number of rotatable bonds is 0. The summed E-state index contributed by atoms with van der Waals surface area (Å²) in [5.41, 5.74) is -0.292. The van der Waals surface area contributed by atoms with Crippen molar-refractivity contribution in [3.63, 3.8) is 0 Å². The van der Waals surface area contributed by atoms with Crippen LogP contribution in [0.3, 0.4) is 0 Å². The summed E-state index contributed by atoms with van der Waals surface area (Å²) in [6.45, 7) is 0. The van der Waals surface area contributed by atoms with Crippen molar-refractivity contribution in [2.75, 3.05) is 0 Å². The van der Waals surface area contributed by atoms with Gasteiger partial charge in [0.15, 0.2) is 5.57 Å². The fourth-order valence-corrected chi connectivity index (χ4v) is 0.0809. The molecule has 0 radical (unpaired) electrons. The van der Waals surface area contributed by atoms with Gasteiger partial charge in [-0.05, 0) is 0 Å². The van der Waals surface area contributed by atoms with Crippen molar-refractivity contribution in [3.05, 3.63) is 5.57 Å². The number of nitriles is 2. The SMILES string of the molecule is N#CC(=C=N)C#N. The van der Waals surface area contributed by atoms with Crippen molar-refractivity contribution in [1.82, 2.24) is 0 Å². The van der Waals surface area contributed by atoms with Gasteiger partial charge >= 0.3 is 0 Å². The summed E-state index contributed by atoms with van der Waals surface area (Å²) in [5, 5.41) is 21.9. The van der Waals surface area contributed by atoms with E-state index in [-0.39, 0.29) is 5.57 Å². The Balaban J connectivity index is 4.35. The van der Waals surface area contributed by atoms with Gasteiger partial charge in [-0.3, -0.25) is 5.41 Å². The summed E-state index contributed by atoms with van der Waals surface area (Å²) in [6, 6.07) is 2.92. The minimum Gasteiger partial charge on any atom is -0.257 e. The number of nitrogens with zero attached hydrogens (tertiary/aromatic N) is 2. The van der Waals surface area contributed by atoms with Crippen molar-refractivity contribution >= 4 is 5.87 Å². The van der Waals surface area contributed by atoms with Crippen molar-refractivity contribution in [2.24, 2.45) is 0 Å². The molecule has 0 aliphatic heterocycles. The Morgan fingerprint density at radius 3 is 1.71 bits per heavy atom. The molecule has 0 rings (SSSR count). The molecule has 0 unspecified atom stereocenters. The molecule has 7 heavy (non-hydrogen) atoms. The summed E-state index contributed by atoms with van der Waals surface area (Å²) < 4.78 is 0. The minimum atomic E-state index is -0.292. The monoisotopic (exact) mass is 91.0 g/mol. The van der Waals surface area contributed by atoms with Crippen molar-refractivity contribution in [1.29, 1.82) is 15.9 Å². The van der Waals surface area contributed by atoms with Gasteiger partial charge in [-0.25, -0.2) is 0 Å². The molecule has 0 heterocycles. The molecule has 3 nitrogen and oxygen atoms in total. The molecule has 0 bridgehead atoms. The highest BCUT2D eigenvalue weighted by atomic mass is 14.3. The third-order valence-electron chi connectivity index (χ3n) is 0.349. The first kappa shape index (κ1) is 5.43. The first-order chi connectivity index (χ1) is 3.35. The summed E-state index contributed by atoms with van der Waals surface area (Å²) in [5.74, 6) is 1.65. The van der Waals surface area contributed by atoms with Crippen LogP contribution in [0.25, 0.3) is 0 Å². The Bertz CT molecular complexity index is 168. The van der Waals surface area contributed by atoms with Crippen molar-refractivity contribution < 1.29 is 0 Å². The average molecular weight is 91.1 g/mol. The molecule has 0 aliphatic rings. The minimum absolute atomic E-state index is 0.292. The Morgan fingerprint density at radius 1 is 1.29 bits per heavy atom. The standard InChI is InChI=1S/C4HN3/c5-1-4(2-6)3-7/h5H. The Hall–Kier alpha value is -1.57. The van der Waals surface area contributed by atoms with Crippen LogP contribution in [0.1, 0.15) is 0 Å². The zero-order chi connectivity index (χ0) is 5.70. The maximum Gasteiger partial charge on any atom is 0.189 e. The molecule has 0 atom stereocenters. The van der Waals surface area contributed by atoms with Gasteiger partial charge in [0, 0.05) is 5.87 Å². The predicted octanol–water partition coefficient (Wildman–Crippen LogP) is 0.208. The number of hydrogen-bond acceptors (Lipinski definition) is 3. The van der Waals surface area contributed by atoms with Crippen LogP contribution >= 0.6 is 0 Å². The molecule has 0 aliphatic carbocycles. The molecule has 32 valence electrons. The fourth-order valence-electron chi connectivity index (χ4n) is 0.0809. The third-order valence-corrected chi connectivity index (χ3v) is 0.349. The number of allylic oxidation sites excluding steroid dienone is 1. The summed E-state index contributed by atoms with van der Waals surface area (Å²) in [6.07, 6.45) is 0. The van der Waals surface area contributed by atoms with E-state index in [1.807, 2.05) is 0 Å². The van der Waals surface area contributed by atoms with E-state index >= 15 is 0 Å². The molecular formula is C4HN3. The lowest BCUT2D eigenvalue weighted by Crippen LogP contribution is -1.66. The molecule has 0 aromatic heterocycles. The van der Waals surface area contributed by atoms with E-state index in [1.165, 1.54) is 12.1 Å². The molecule has 3 heteroatoms. The molecule has 0 spiro atoms. The van der Waals surface area contributed by atoms with Gasteiger partial charge in [-0.1, -0.05) is 0 Å². The molecule has 0 aromatic carbocycles. The van der Waals surface area contributed by atoms with Crippen LogP contribution in [0.2, 0.25) is 0 Å². The summed E-state index contributed by atoms with van der Waals surface area (Å²) in [7, 11) is 0. The highest BCUT2D eigenvalue weighted by Gasteiger charge is 1.82. The van der Waals surface area contributed by atoms with E-state index < -0.39 is 0 Å². The zero-order valence-electron chi connectivity index (χ0n) is 3.39. The fraction of sp³-hybridized carbons (Fsp3) is 0. The van der Waals surface area contributed by atoms with Crippen LogP contribution in [0, 0.1) is 28.1 Å². The second kappa shape index (κ2) is 2.66. The van der Waals surface area contributed by atoms with E-state index in [4.69, 9.17) is 15.9 Å². The topological polar surface area (TPSA) is 71.4 Å². The van der Waals surface area contributed by atoms with Crippen LogP contribution in [0.15, 0.2) is 5.57 Å². The second-order valence-electron chi connectivity index (χ2n) is 0.724. The first-order valence-corrected chi connectivity index (χ1v) is 1.45. The maximum atomic E-state index is 7.83. The van der Waals surface area contributed by atoms with Crippen LogP contribution in [0.5, 0.6) is 0 Å². The molecule has 0 amide bonds. The molecular weight excluding hydrogens is 90.1 g/mol. The number of hydrogen-bond donors (Lipinski definition) is 1. The highest BCUT2D eigenvalue weighted by Crippen LogP contribution is 1.74. The number of nitrogens with one attached hydrogen (secondary N) is 1. The Kier molecular flexibility index (Phi) is 2.06. The second-order valence-corrected chi connectivity index (χ2v) is 0.724. The van der Waals surface area contributed by atoms with Gasteiger partial charge in [-0.15, -0.1) is 0 Å². The first-order valence-electron chi connectivity index (χ1n) is 1.45. The van der Waals surface area contributed by atoms with Crippen LogP contribution < -0.4 is 0 Å². The summed E-state index contributed by atoms with van der Waals surface area (Å²) >= 11 is 0. The van der Waals surface area contributed by atoms with Gasteiger partial charge in [0.25, 0.3) is 0 Å². The predicted molar refractivity (Wildman–Crippen MR) is 22.5 cm³/mol. The summed E-state index contributed by atoms with van der Waals surface area (Å²) in [4.78, 5) is 0. The highest BCUT2D eigenvalue weighted by molar-refractivity contribution is 5.66. The average Bonchev–Trinajstić information content (AvgIpc) is 1.72. The quantitative estimate of drug-likeness (QED) is 0.342. The van der Waals surface area contributed by atoms with Gasteiger partial charge < -0.3 is 0 Å². The smallest absolute Gasteiger partial charge is 0.189 e. The van der Waals surface area contributed by atoms with E-state index in [0.29, 0.717) is 0 Å². The van der Waals surface area contributed by atoms with Crippen molar-refractivity contribution in [2.45, 2.75) is 0 Å². The maximum absolute atomic E-state index is 7.83. The van der Waals surface area contributed by atoms with Gasteiger partial charge in [0.05, 0.1) is 0 Å². The van der Waals surface area contributed by atoms with Crippen LogP contribution in [-0.4, -0.2) is 5.87 Å². The van der Waals surface area contributed by atoms with E-state index in [1.54, 1.807) is 5.87 Å². The molecule has 0 saturated carbocycles. The lowest BCUT2D eigenvalue weighted by molar-refractivity contribution is 1.47. The Morgan fingerprint density at radius 2 is 1.71 bits per heavy atom. The molecule has 0 aromatic rings. The van der Waals surface area contributed by atoms with Crippen molar-refractivity contribution in [3.8, 4) is 12.1 Å². The lowest BCUT2D eigenvalue weighted by atomic mass is 10.4. The van der Waals surface area contributed by atoms with Gasteiger partial charge in [0.1, 0.15) is 12.1 Å². The molecule has 0 fully saturated rings. The van der Waals surface area contributed by atoms with Gasteiger partial charge in [0.2, 0.25) is 0 Å². The zero-order valence-corrected chi connectivity index (χ0v) is 3.39. The largest absolute Gasteiger partial charge is 0.257 e. The van der Waals surface area contributed by atoms with E-state index in [9.17, 15) is 0 Å². The third kappa shape index (κ3) is 1.33. The van der Waals surface area contributed by atoms with Gasteiger partial charge in [-0.2, -0.15) is 10.5 Å². The molecule has 0 saturated heterocycles. The normalized spacial score (nSPS) is 4.86. The Labute approximate surface area is 40.6 Å².